The van der Waals surface area contributed by atoms with Crippen LogP contribution in [-0.2, 0) is 23.8 Å². The monoisotopic (exact) mass is 751 g/mol. The van der Waals surface area contributed by atoms with Gasteiger partial charge in [0.15, 0.2) is 5.79 Å². The maximum Gasteiger partial charge on any atom is 0.410 e. The van der Waals surface area contributed by atoms with Crippen LogP contribution in [0.15, 0.2) is 11.2 Å². The largest absolute Gasteiger partial charge is 0.444 e. The third kappa shape index (κ3) is 6.87. The van der Waals surface area contributed by atoms with Crippen LogP contribution in [0.25, 0.3) is 0 Å². The van der Waals surface area contributed by atoms with Crippen LogP contribution in [0.1, 0.15) is 118 Å². The highest BCUT2D eigenvalue weighted by Gasteiger charge is 2.66. The van der Waals surface area contributed by atoms with Gasteiger partial charge in [0.05, 0.1) is 29.9 Å². The number of hydrogen-bond acceptors (Lipinski definition) is 12. The van der Waals surface area contributed by atoms with E-state index < -0.39 is 17.0 Å². The Morgan fingerprint density at radius 1 is 0.833 bits per heavy atom. The molecule has 0 N–H and O–H groups in total. The molecule has 0 bridgehead atoms. The highest BCUT2D eigenvalue weighted by atomic mass is 16.7. The van der Waals surface area contributed by atoms with Crippen LogP contribution in [0.5, 0.6) is 0 Å². The van der Waals surface area contributed by atoms with E-state index in [1.807, 2.05) is 51.3 Å². The molecule has 3 spiro atoms. The van der Waals surface area contributed by atoms with Crippen LogP contribution in [0, 0.1) is 11.3 Å². The smallest absolute Gasteiger partial charge is 0.410 e. The summed E-state index contributed by atoms with van der Waals surface area (Å²) in [6.07, 6.45) is 9.03. The van der Waals surface area contributed by atoms with Crippen molar-refractivity contribution in [3.63, 3.8) is 0 Å². The summed E-state index contributed by atoms with van der Waals surface area (Å²) in [5.74, 6) is 0.878. The summed E-state index contributed by atoms with van der Waals surface area (Å²) in [5.41, 5.74) is -0.0166. The highest BCUT2D eigenvalue weighted by Crippen LogP contribution is 2.60. The fourth-order valence-corrected chi connectivity index (χ4v) is 10.1. The van der Waals surface area contributed by atoms with Gasteiger partial charge in [0.2, 0.25) is 5.95 Å². The summed E-state index contributed by atoms with van der Waals surface area (Å²) in [5, 5.41) is 4.88. The Morgan fingerprint density at radius 3 is 2.26 bits per heavy atom. The van der Waals surface area contributed by atoms with E-state index in [-0.39, 0.29) is 41.2 Å². The number of aromatic nitrogens is 2. The lowest BCUT2D eigenvalue weighted by Crippen LogP contribution is -2.61. The quantitative estimate of drug-likeness (QED) is 0.355. The van der Waals surface area contributed by atoms with Crippen molar-refractivity contribution in [3.8, 4) is 0 Å². The van der Waals surface area contributed by atoms with Gasteiger partial charge in [-0.1, -0.05) is 18.0 Å². The number of anilines is 2. The van der Waals surface area contributed by atoms with Gasteiger partial charge in [-0.05, 0) is 93.4 Å². The number of amides is 2. The molecule has 4 atom stereocenters. The van der Waals surface area contributed by atoms with Gasteiger partial charge < -0.3 is 38.5 Å². The van der Waals surface area contributed by atoms with E-state index in [4.69, 9.17) is 38.9 Å². The predicted octanol–water partition coefficient (Wildman–Crippen LogP) is 6.11. The van der Waals surface area contributed by atoms with E-state index >= 15 is 0 Å². The SMILES string of the molecule is C[C@H]1CN(C(=O)OC(C)(C)C)CCCN1c1nc(C2=NOC3C2CCC[C@@]32CCCCC23OCCO3)cc(N2CCN(C(=O)OC(C)(C)C)C3(CC3)C2)n1. The lowest BCUT2D eigenvalue weighted by molar-refractivity contribution is -0.297. The average Bonchev–Trinajstić information content (AvgIpc) is 3.52. The molecule has 2 amide bonds. The minimum atomic E-state index is -0.616. The molecule has 4 aliphatic heterocycles. The molecule has 1 aromatic rings. The Kier molecular flexibility index (Phi) is 9.50. The molecule has 7 aliphatic rings. The summed E-state index contributed by atoms with van der Waals surface area (Å²) in [4.78, 5) is 51.9. The first-order chi connectivity index (χ1) is 25.6. The molecule has 3 saturated heterocycles. The first-order valence-electron chi connectivity index (χ1n) is 20.5. The summed E-state index contributed by atoms with van der Waals surface area (Å²) >= 11 is 0. The lowest BCUT2D eigenvalue weighted by atomic mass is 9.56. The van der Waals surface area contributed by atoms with E-state index in [1.165, 1.54) is 0 Å². The number of ether oxygens (including phenoxy) is 4. The molecule has 6 fully saturated rings. The Bertz CT molecular complexity index is 1630. The first-order valence-corrected chi connectivity index (χ1v) is 20.5. The molecule has 0 aromatic carbocycles. The van der Waals surface area contributed by atoms with Gasteiger partial charge in [-0.15, -0.1) is 0 Å². The zero-order chi connectivity index (χ0) is 38.1. The zero-order valence-corrected chi connectivity index (χ0v) is 33.5. The molecule has 0 radical (unpaired) electrons. The van der Waals surface area contributed by atoms with Crippen molar-refractivity contribution in [3.05, 3.63) is 11.8 Å². The van der Waals surface area contributed by atoms with E-state index in [1.54, 1.807) is 0 Å². The van der Waals surface area contributed by atoms with E-state index in [9.17, 15) is 9.59 Å². The van der Waals surface area contributed by atoms with Crippen LogP contribution < -0.4 is 9.80 Å². The molecular weight excluding hydrogens is 690 g/mol. The number of piperazine rings is 1. The number of carbonyl (C=O) groups excluding carboxylic acids is 2. The molecule has 14 heteroatoms. The molecule has 54 heavy (non-hydrogen) atoms. The third-order valence-corrected chi connectivity index (χ3v) is 12.7. The maximum absolute atomic E-state index is 13.3. The summed E-state index contributed by atoms with van der Waals surface area (Å²) in [6.45, 7) is 18.4. The van der Waals surface area contributed by atoms with Gasteiger partial charge in [0.25, 0.3) is 0 Å². The first kappa shape index (κ1) is 37.5. The Balaban J connectivity index is 1.11. The van der Waals surface area contributed by atoms with Crippen LogP contribution in [-0.4, -0.2) is 125 Å². The van der Waals surface area contributed by atoms with Crippen LogP contribution in [0.2, 0.25) is 0 Å². The number of rotatable bonds is 3. The van der Waals surface area contributed by atoms with Gasteiger partial charge in [-0.25, -0.2) is 14.6 Å². The fourth-order valence-electron chi connectivity index (χ4n) is 10.1. The number of hydrogen-bond donors (Lipinski definition) is 0. The van der Waals surface area contributed by atoms with Crippen LogP contribution >= 0.6 is 0 Å². The summed E-state index contributed by atoms with van der Waals surface area (Å²) < 4.78 is 24.6. The topological polar surface area (TPSA) is 131 Å². The molecule has 298 valence electrons. The number of carbonyl (C=O) groups is 2. The minimum Gasteiger partial charge on any atom is -0.444 e. The third-order valence-electron chi connectivity index (χ3n) is 12.7. The number of oxime groups is 1. The van der Waals surface area contributed by atoms with Crippen molar-refractivity contribution in [2.45, 2.75) is 147 Å². The van der Waals surface area contributed by atoms with Crippen LogP contribution in [0.3, 0.4) is 0 Å². The maximum atomic E-state index is 13.3. The van der Waals surface area contributed by atoms with E-state index in [0.29, 0.717) is 58.4 Å². The van der Waals surface area contributed by atoms with Crippen molar-refractivity contribution in [1.29, 1.82) is 0 Å². The lowest BCUT2D eigenvalue weighted by Gasteiger charge is -2.55. The molecule has 14 nitrogen and oxygen atoms in total. The van der Waals surface area contributed by atoms with Crippen molar-refractivity contribution in [2.24, 2.45) is 16.5 Å². The van der Waals surface area contributed by atoms with Gasteiger partial charge in [0, 0.05) is 63.7 Å². The Labute approximate surface area is 320 Å². The molecule has 2 unspecified atom stereocenters. The van der Waals surface area contributed by atoms with Gasteiger partial charge in [-0.2, -0.15) is 4.98 Å². The Hall–Kier alpha value is -3.39. The van der Waals surface area contributed by atoms with Crippen molar-refractivity contribution in [1.82, 2.24) is 19.8 Å². The van der Waals surface area contributed by atoms with Crippen molar-refractivity contribution >= 4 is 29.7 Å². The second kappa shape index (κ2) is 13.7. The van der Waals surface area contributed by atoms with Gasteiger partial charge >= 0.3 is 12.2 Å². The number of nitrogens with zero attached hydrogens (tertiary/aromatic N) is 7. The second-order valence-corrected chi connectivity index (χ2v) is 18.8. The Morgan fingerprint density at radius 2 is 1.54 bits per heavy atom. The molecule has 1 aromatic heterocycles. The zero-order valence-electron chi connectivity index (χ0n) is 33.5. The van der Waals surface area contributed by atoms with Crippen molar-refractivity contribution < 1.29 is 33.4 Å². The number of fused-ring (bicyclic) bond motifs is 3. The second-order valence-electron chi connectivity index (χ2n) is 18.8. The van der Waals surface area contributed by atoms with E-state index in [0.717, 1.165) is 81.4 Å². The van der Waals surface area contributed by atoms with Crippen LogP contribution in [0.4, 0.5) is 21.4 Å². The standard InChI is InChI=1S/C40H61N7O7/c1-27-25-44(34(48)52-36(2,3)4)18-11-19-46(27)33-41-29(24-30(42-33)45-20-21-47(38(26-45)16-17-38)35(49)53-37(5,6)7)31-28-12-10-14-39(32(28)54-43-31)13-8-9-15-40(39)50-22-23-51-40/h24,27-28,32H,8-23,25-26H2,1-7H3/t27-,28?,32?,39-/m0/s1. The molecule has 5 heterocycles. The normalized spacial score (nSPS) is 30.6. The van der Waals surface area contributed by atoms with E-state index in [2.05, 4.69) is 22.8 Å². The molecule has 8 rings (SSSR count). The summed E-state index contributed by atoms with van der Waals surface area (Å²) in [7, 11) is 0. The van der Waals surface area contributed by atoms with Gasteiger partial charge in [0.1, 0.15) is 28.8 Å². The predicted molar refractivity (Wildman–Crippen MR) is 203 cm³/mol. The fraction of sp³-hybridized carbons (Fsp3) is 0.825. The average molecular weight is 752 g/mol. The highest BCUT2D eigenvalue weighted by molar-refractivity contribution is 6.02. The minimum absolute atomic E-state index is 0.0557. The van der Waals surface area contributed by atoms with Gasteiger partial charge in [-0.3, -0.25) is 4.90 Å². The van der Waals surface area contributed by atoms with Crippen molar-refractivity contribution in [2.75, 3.05) is 62.3 Å². The molecule has 3 saturated carbocycles. The molecular formula is C40H61N7O7. The molecule has 3 aliphatic carbocycles. The summed E-state index contributed by atoms with van der Waals surface area (Å²) in [6, 6.07) is 2.02.